The van der Waals surface area contributed by atoms with Crippen molar-refractivity contribution in [1.82, 2.24) is 0 Å². The van der Waals surface area contributed by atoms with Crippen LogP contribution in [-0.4, -0.2) is 11.8 Å². The number of halogens is 2. The van der Waals surface area contributed by atoms with E-state index >= 15 is 0 Å². The molecule has 0 radical (unpaired) electrons. The quantitative estimate of drug-likeness (QED) is 0.836. The number of hydrogen-bond donors (Lipinski definition) is 2. The zero-order valence-electron chi connectivity index (χ0n) is 11.3. The predicted octanol–water partition coefficient (Wildman–Crippen LogP) is 3.74. The van der Waals surface area contributed by atoms with Gasteiger partial charge in [-0.2, -0.15) is 0 Å². The molecule has 4 nitrogen and oxygen atoms in total. The summed E-state index contributed by atoms with van der Waals surface area (Å²) in [5, 5.41) is 3.55. The molecule has 0 bridgehead atoms. The molecule has 0 saturated carbocycles. The third-order valence-electron chi connectivity index (χ3n) is 2.83. The highest BCUT2D eigenvalue weighted by atomic mass is 35.5. The number of amides is 2. The lowest BCUT2D eigenvalue weighted by atomic mass is 10.1. The first kappa shape index (κ1) is 16.1. The van der Waals surface area contributed by atoms with Crippen LogP contribution >= 0.6 is 23.2 Å². The second-order valence-corrected chi connectivity index (χ2v) is 5.24. The van der Waals surface area contributed by atoms with Gasteiger partial charge < -0.3 is 11.1 Å². The number of carbonyl (C=O) groups excluding carboxylic acids is 2. The van der Waals surface area contributed by atoms with Gasteiger partial charge in [-0.1, -0.05) is 41.4 Å². The van der Waals surface area contributed by atoms with Crippen LogP contribution in [0.4, 0.5) is 5.69 Å². The fraction of sp³-hybridized carbons (Fsp3) is 0. The van der Waals surface area contributed by atoms with Gasteiger partial charge in [0.1, 0.15) is 0 Å². The van der Waals surface area contributed by atoms with E-state index < -0.39 is 11.8 Å². The van der Waals surface area contributed by atoms with Gasteiger partial charge >= 0.3 is 0 Å². The lowest BCUT2D eigenvalue weighted by Gasteiger charge is -2.06. The lowest BCUT2D eigenvalue weighted by molar-refractivity contribution is -0.111. The molecule has 0 aromatic heterocycles. The smallest absolute Gasteiger partial charge is 0.250 e. The first-order valence-corrected chi connectivity index (χ1v) is 7.06. The summed E-state index contributed by atoms with van der Waals surface area (Å²) in [5.74, 6) is -1.01. The van der Waals surface area contributed by atoms with Crippen molar-refractivity contribution in [2.45, 2.75) is 0 Å². The highest BCUT2D eigenvalue weighted by molar-refractivity contribution is 6.35. The molecule has 0 aliphatic heterocycles. The van der Waals surface area contributed by atoms with Crippen molar-refractivity contribution in [2.75, 3.05) is 5.32 Å². The Morgan fingerprint density at radius 3 is 2.50 bits per heavy atom. The maximum atomic E-state index is 11.9. The number of benzene rings is 2. The van der Waals surface area contributed by atoms with E-state index in [9.17, 15) is 9.59 Å². The minimum absolute atomic E-state index is 0.244. The lowest BCUT2D eigenvalue weighted by Crippen LogP contribution is -2.16. The summed E-state index contributed by atoms with van der Waals surface area (Å²) in [6.07, 6.45) is 2.87. The van der Waals surface area contributed by atoms with Crippen LogP contribution in [0.5, 0.6) is 0 Å². The van der Waals surface area contributed by atoms with Crippen molar-refractivity contribution in [3.05, 3.63) is 69.7 Å². The Kier molecular flexibility index (Phi) is 5.20. The predicted molar refractivity (Wildman–Crippen MR) is 89.1 cm³/mol. The van der Waals surface area contributed by atoms with Crippen molar-refractivity contribution in [2.24, 2.45) is 5.73 Å². The molecule has 6 heteroatoms. The van der Waals surface area contributed by atoms with E-state index in [1.54, 1.807) is 42.5 Å². The number of para-hydroxylation sites is 1. The third kappa shape index (κ3) is 4.10. The van der Waals surface area contributed by atoms with Crippen molar-refractivity contribution >= 4 is 46.8 Å². The van der Waals surface area contributed by atoms with Crippen LogP contribution in [0.2, 0.25) is 10.0 Å². The topological polar surface area (TPSA) is 72.2 Å². The van der Waals surface area contributed by atoms with Crippen LogP contribution in [-0.2, 0) is 4.79 Å². The SMILES string of the molecule is NC(=O)c1ccccc1NC(=O)C=Cc1ccc(Cl)cc1Cl. The maximum absolute atomic E-state index is 11.9. The second-order valence-electron chi connectivity index (χ2n) is 4.40. The van der Waals surface area contributed by atoms with Crippen molar-refractivity contribution in [1.29, 1.82) is 0 Å². The van der Waals surface area contributed by atoms with E-state index in [1.807, 2.05) is 0 Å². The number of nitrogens with two attached hydrogens (primary N) is 1. The van der Waals surface area contributed by atoms with Crippen molar-refractivity contribution < 1.29 is 9.59 Å². The van der Waals surface area contributed by atoms with Gasteiger partial charge in [0.2, 0.25) is 5.91 Å². The molecule has 3 N–H and O–H groups in total. The largest absolute Gasteiger partial charge is 0.366 e. The van der Waals surface area contributed by atoms with Gasteiger partial charge in [-0.25, -0.2) is 0 Å². The fourth-order valence-electron chi connectivity index (χ4n) is 1.78. The molecule has 0 spiro atoms. The van der Waals surface area contributed by atoms with Crippen LogP contribution in [0.25, 0.3) is 6.08 Å². The van der Waals surface area contributed by atoms with Gasteiger partial charge in [0.05, 0.1) is 11.3 Å². The Labute approximate surface area is 137 Å². The molecule has 2 aromatic carbocycles. The number of rotatable bonds is 4. The van der Waals surface area contributed by atoms with Gasteiger partial charge in [-0.05, 0) is 35.9 Å². The van der Waals surface area contributed by atoms with E-state index in [0.717, 1.165) is 0 Å². The van der Waals surface area contributed by atoms with Crippen LogP contribution in [0.15, 0.2) is 48.5 Å². The Morgan fingerprint density at radius 1 is 1.09 bits per heavy atom. The molecule has 2 aromatic rings. The molecule has 0 unspecified atom stereocenters. The summed E-state index contributed by atoms with van der Waals surface area (Å²) in [6, 6.07) is 11.5. The molecular weight excluding hydrogens is 323 g/mol. The Bertz CT molecular complexity index is 758. The van der Waals surface area contributed by atoms with Crippen LogP contribution in [0, 0.1) is 0 Å². The van der Waals surface area contributed by atoms with Gasteiger partial charge in [0.25, 0.3) is 5.91 Å². The summed E-state index contributed by atoms with van der Waals surface area (Å²) >= 11 is 11.8. The first-order chi connectivity index (χ1) is 10.5. The third-order valence-corrected chi connectivity index (χ3v) is 3.39. The first-order valence-electron chi connectivity index (χ1n) is 6.30. The van der Waals surface area contributed by atoms with E-state index in [-0.39, 0.29) is 5.56 Å². The Hall–Kier alpha value is -2.30. The summed E-state index contributed by atoms with van der Waals surface area (Å²) in [6.45, 7) is 0. The van der Waals surface area contributed by atoms with Crippen LogP contribution < -0.4 is 11.1 Å². The van der Waals surface area contributed by atoms with Crippen LogP contribution in [0.1, 0.15) is 15.9 Å². The molecule has 0 aliphatic rings. The van der Waals surface area contributed by atoms with Crippen LogP contribution in [0.3, 0.4) is 0 Å². The normalized spacial score (nSPS) is 10.6. The number of primary amides is 1. The molecule has 0 heterocycles. The van der Waals surface area contributed by atoms with Gasteiger partial charge in [0.15, 0.2) is 0 Å². The minimum Gasteiger partial charge on any atom is -0.366 e. The van der Waals surface area contributed by atoms with E-state index in [1.165, 1.54) is 12.1 Å². The Morgan fingerprint density at radius 2 is 1.82 bits per heavy atom. The van der Waals surface area contributed by atoms with E-state index in [4.69, 9.17) is 28.9 Å². The standard InChI is InChI=1S/C16H12Cl2N2O2/c17-11-7-5-10(13(18)9-11)6-8-15(21)20-14-4-2-1-3-12(14)16(19)22/h1-9H,(H2,19,22)(H,20,21). The number of hydrogen-bond acceptors (Lipinski definition) is 2. The molecule has 22 heavy (non-hydrogen) atoms. The molecule has 112 valence electrons. The molecule has 0 fully saturated rings. The number of anilines is 1. The van der Waals surface area contributed by atoms with Gasteiger partial charge in [0, 0.05) is 16.1 Å². The summed E-state index contributed by atoms with van der Waals surface area (Å²) in [7, 11) is 0. The van der Waals surface area contributed by atoms with Gasteiger partial charge in [-0.3, -0.25) is 9.59 Å². The van der Waals surface area contributed by atoms with Crippen molar-refractivity contribution in [3.8, 4) is 0 Å². The number of carbonyl (C=O) groups is 2. The second kappa shape index (κ2) is 7.11. The average Bonchev–Trinajstić information content (AvgIpc) is 2.46. The molecule has 0 saturated heterocycles. The van der Waals surface area contributed by atoms with Crippen molar-refractivity contribution in [3.63, 3.8) is 0 Å². The maximum Gasteiger partial charge on any atom is 0.250 e. The van der Waals surface area contributed by atoms with E-state index in [2.05, 4.69) is 5.32 Å². The Balaban J connectivity index is 2.13. The zero-order chi connectivity index (χ0) is 16.1. The highest BCUT2D eigenvalue weighted by Gasteiger charge is 2.08. The summed E-state index contributed by atoms with van der Waals surface area (Å²) in [4.78, 5) is 23.2. The summed E-state index contributed by atoms with van der Waals surface area (Å²) in [5.41, 5.74) is 6.51. The highest BCUT2D eigenvalue weighted by Crippen LogP contribution is 2.22. The van der Waals surface area contributed by atoms with E-state index in [0.29, 0.717) is 21.3 Å². The average molecular weight is 335 g/mol. The molecule has 2 rings (SSSR count). The fourth-order valence-corrected chi connectivity index (χ4v) is 2.26. The molecule has 0 aliphatic carbocycles. The molecule has 0 atom stereocenters. The summed E-state index contributed by atoms with van der Waals surface area (Å²) < 4.78 is 0. The minimum atomic E-state index is -0.611. The monoisotopic (exact) mass is 334 g/mol. The molecule has 2 amide bonds. The molecular formula is C16H12Cl2N2O2. The zero-order valence-corrected chi connectivity index (χ0v) is 12.9. The number of nitrogens with one attached hydrogen (secondary N) is 1. The van der Waals surface area contributed by atoms with Gasteiger partial charge in [-0.15, -0.1) is 0 Å².